The summed E-state index contributed by atoms with van der Waals surface area (Å²) in [5.74, 6) is 0.460. The summed E-state index contributed by atoms with van der Waals surface area (Å²) in [5, 5.41) is 1.35. The molecular formula is C16H21N5O2S. The minimum atomic E-state index is -0.497. The number of nitrogens with zero attached hydrogens (tertiary/aromatic N) is 4. The highest BCUT2D eigenvalue weighted by Gasteiger charge is 2.23. The molecule has 128 valence electrons. The average molecular weight is 347 g/mol. The second-order valence-corrected chi connectivity index (χ2v) is 6.36. The van der Waals surface area contributed by atoms with Gasteiger partial charge >= 0.3 is 5.97 Å². The Morgan fingerprint density at radius 2 is 2.08 bits per heavy atom. The highest BCUT2D eigenvalue weighted by atomic mass is 32.2. The van der Waals surface area contributed by atoms with Crippen LogP contribution in [0.15, 0.2) is 11.4 Å². The standard InChI is InChI=1S/C16H21N5O2S/c1-3-23-15(22)11-12-10(9-18-13(11)17)14(20-16(19-12)24-2)21-7-5-4-6-8-21/h9H,3-8H2,1-2H3,(H2,17,18). The van der Waals surface area contributed by atoms with Gasteiger partial charge in [-0.05, 0) is 32.4 Å². The minimum Gasteiger partial charge on any atom is -0.462 e. The molecule has 1 aliphatic heterocycles. The summed E-state index contributed by atoms with van der Waals surface area (Å²) in [7, 11) is 0. The maximum absolute atomic E-state index is 12.3. The van der Waals surface area contributed by atoms with E-state index < -0.39 is 5.97 Å². The lowest BCUT2D eigenvalue weighted by atomic mass is 10.1. The van der Waals surface area contributed by atoms with Crippen LogP contribution in [0.1, 0.15) is 36.5 Å². The molecule has 0 aromatic carbocycles. The SMILES string of the molecule is CCOC(=O)c1c(N)ncc2c(N3CCCCC3)nc(SC)nc12. The molecule has 1 aliphatic rings. The maximum Gasteiger partial charge on any atom is 0.344 e. The van der Waals surface area contributed by atoms with E-state index >= 15 is 0 Å². The molecule has 24 heavy (non-hydrogen) atoms. The number of carbonyl (C=O) groups excluding carboxylic acids is 1. The van der Waals surface area contributed by atoms with Crippen LogP contribution in [-0.2, 0) is 4.74 Å². The van der Waals surface area contributed by atoms with Crippen LogP contribution in [0.3, 0.4) is 0 Å². The second kappa shape index (κ2) is 7.21. The lowest BCUT2D eigenvalue weighted by Crippen LogP contribution is -2.30. The number of nitrogens with two attached hydrogens (primary N) is 1. The molecule has 0 spiro atoms. The van der Waals surface area contributed by atoms with Crippen LogP contribution in [0.5, 0.6) is 0 Å². The number of rotatable bonds is 4. The number of piperidine rings is 1. The fourth-order valence-electron chi connectivity index (χ4n) is 2.91. The lowest BCUT2D eigenvalue weighted by molar-refractivity contribution is 0.0529. The number of anilines is 2. The normalized spacial score (nSPS) is 14.8. The van der Waals surface area contributed by atoms with Crippen molar-refractivity contribution in [3.8, 4) is 0 Å². The molecule has 0 unspecified atom stereocenters. The van der Waals surface area contributed by atoms with Crippen LogP contribution < -0.4 is 10.6 Å². The molecule has 0 saturated carbocycles. The summed E-state index contributed by atoms with van der Waals surface area (Å²) in [6, 6.07) is 0. The molecule has 0 aliphatic carbocycles. The van der Waals surface area contributed by atoms with Gasteiger partial charge in [-0.1, -0.05) is 11.8 Å². The van der Waals surface area contributed by atoms with E-state index in [4.69, 9.17) is 10.5 Å². The van der Waals surface area contributed by atoms with Gasteiger partial charge in [0.25, 0.3) is 0 Å². The fraction of sp³-hybridized carbons (Fsp3) is 0.500. The largest absolute Gasteiger partial charge is 0.462 e. The highest BCUT2D eigenvalue weighted by molar-refractivity contribution is 7.98. The first kappa shape index (κ1) is 16.8. The molecule has 0 atom stereocenters. The van der Waals surface area contributed by atoms with Gasteiger partial charge in [0, 0.05) is 19.3 Å². The van der Waals surface area contributed by atoms with Crippen molar-refractivity contribution >= 4 is 40.3 Å². The molecule has 2 N–H and O–H groups in total. The Balaban J connectivity index is 2.22. The number of nitrogen functional groups attached to an aromatic ring is 1. The Labute approximate surface area is 145 Å². The summed E-state index contributed by atoms with van der Waals surface area (Å²) < 4.78 is 5.14. The van der Waals surface area contributed by atoms with Gasteiger partial charge in [0.15, 0.2) is 5.16 Å². The van der Waals surface area contributed by atoms with Crippen molar-refractivity contribution in [1.82, 2.24) is 15.0 Å². The third kappa shape index (κ3) is 3.10. The summed E-state index contributed by atoms with van der Waals surface area (Å²) >= 11 is 1.44. The fourth-order valence-corrected chi connectivity index (χ4v) is 3.27. The number of carbonyl (C=O) groups is 1. The number of pyridine rings is 1. The Hall–Kier alpha value is -2.09. The summed E-state index contributed by atoms with van der Waals surface area (Å²) in [4.78, 5) is 27.9. The zero-order valence-electron chi connectivity index (χ0n) is 13.9. The van der Waals surface area contributed by atoms with E-state index in [1.54, 1.807) is 13.1 Å². The third-order valence-electron chi connectivity index (χ3n) is 4.05. The zero-order chi connectivity index (χ0) is 17.1. The van der Waals surface area contributed by atoms with E-state index in [9.17, 15) is 4.79 Å². The number of thioether (sulfide) groups is 1. The van der Waals surface area contributed by atoms with E-state index in [2.05, 4.69) is 19.9 Å². The number of hydrogen-bond donors (Lipinski definition) is 1. The zero-order valence-corrected chi connectivity index (χ0v) is 14.7. The van der Waals surface area contributed by atoms with Gasteiger partial charge in [0.1, 0.15) is 17.2 Å². The van der Waals surface area contributed by atoms with Crippen LogP contribution in [0, 0.1) is 0 Å². The van der Waals surface area contributed by atoms with E-state index in [0.717, 1.165) is 37.1 Å². The Morgan fingerprint density at radius 1 is 1.33 bits per heavy atom. The average Bonchev–Trinajstić information content (AvgIpc) is 2.61. The van der Waals surface area contributed by atoms with Crippen LogP contribution in [0.25, 0.3) is 10.9 Å². The van der Waals surface area contributed by atoms with Crippen molar-refractivity contribution in [3.63, 3.8) is 0 Å². The smallest absolute Gasteiger partial charge is 0.344 e. The van der Waals surface area contributed by atoms with E-state index in [1.165, 1.54) is 18.2 Å². The first-order chi connectivity index (χ1) is 11.7. The molecular weight excluding hydrogens is 326 g/mol. The van der Waals surface area contributed by atoms with Crippen molar-refractivity contribution in [1.29, 1.82) is 0 Å². The second-order valence-electron chi connectivity index (χ2n) is 5.58. The molecule has 7 nitrogen and oxygen atoms in total. The Bertz CT molecular complexity index is 762. The van der Waals surface area contributed by atoms with Crippen molar-refractivity contribution in [2.45, 2.75) is 31.3 Å². The van der Waals surface area contributed by atoms with Gasteiger partial charge in [0.05, 0.1) is 17.5 Å². The molecule has 8 heteroatoms. The maximum atomic E-state index is 12.3. The van der Waals surface area contributed by atoms with E-state index in [0.29, 0.717) is 10.7 Å². The molecule has 1 saturated heterocycles. The van der Waals surface area contributed by atoms with E-state index in [1.807, 2.05) is 6.26 Å². The summed E-state index contributed by atoms with van der Waals surface area (Å²) in [5.41, 5.74) is 6.69. The first-order valence-corrected chi connectivity index (χ1v) is 9.30. The molecule has 0 bridgehead atoms. The highest BCUT2D eigenvalue weighted by Crippen LogP contribution is 2.31. The summed E-state index contributed by atoms with van der Waals surface area (Å²) in [6.07, 6.45) is 7.06. The van der Waals surface area contributed by atoms with Gasteiger partial charge in [-0.15, -0.1) is 0 Å². The molecule has 1 fully saturated rings. The lowest BCUT2D eigenvalue weighted by Gasteiger charge is -2.28. The van der Waals surface area contributed by atoms with Crippen molar-refractivity contribution in [2.24, 2.45) is 0 Å². The van der Waals surface area contributed by atoms with Crippen LogP contribution >= 0.6 is 11.8 Å². The predicted molar refractivity (Wildman–Crippen MR) is 95.5 cm³/mol. The van der Waals surface area contributed by atoms with Gasteiger partial charge in [-0.2, -0.15) is 0 Å². The van der Waals surface area contributed by atoms with Crippen molar-refractivity contribution in [3.05, 3.63) is 11.8 Å². The third-order valence-corrected chi connectivity index (χ3v) is 4.60. The number of aromatic nitrogens is 3. The first-order valence-electron chi connectivity index (χ1n) is 8.08. The predicted octanol–water partition coefficient (Wildman–Crippen LogP) is 2.50. The van der Waals surface area contributed by atoms with Gasteiger partial charge in [-0.3, -0.25) is 0 Å². The summed E-state index contributed by atoms with van der Waals surface area (Å²) in [6.45, 7) is 3.92. The van der Waals surface area contributed by atoms with Crippen LogP contribution in [0.2, 0.25) is 0 Å². The van der Waals surface area contributed by atoms with Gasteiger partial charge < -0.3 is 15.4 Å². The number of esters is 1. The van der Waals surface area contributed by atoms with Crippen LogP contribution in [-0.4, -0.2) is 46.9 Å². The quantitative estimate of drug-likeness (QED) is 0.512. The molecule has 0 radical (unpaired) electrons. The van der Waals surface area contributed by atoms with Gasteiger partial charge in [-0.25, -0.2) is 19.7 Å². The monoisotopic (exact) mass is 347 g/mol. The van der Waals surface area contributed by atoms with E-state index in [-0.39, 0.29) is 18.0 Å². The molecule has 2 aromatic rings. The van der Waals surface area contributed by atoms with Crippen LogP contribution in [0.4, 0.5) is 11.6 Å². The molecule has 3 heterocycles. The molecule has 0 amide bonds. The molecule has 2 aromatic heterocycles. The van der Waals surface area contributed by atoms with Crippen molar-refractivity contribution in [2.75, 3.05) is 36.6 Å². The minimum absolute atomic E-state index is 0.135. The Morgan fingerprint density at radius 3 is 2.75 bits per heavy atom. The number of ether oxygens (including phenoxy) is 1. The topological polar surface area (TPSA) is 94.2 Å². The van der Waals surface area contributed by atoms with Gasteiger partial charge in [0.2, 0.25) is 0 Å². The number of hydrogen-bond acceptors (Lipinski definition) is 8. The molecule has 3 rings (SSSR count). The Kier molecular flexibility index (Phi) is 5.03. The van der Waals surface area contributed by atoms with Crippen molar-refractivity contribution < 1.29 is 9.53 Å². The number of fused-ring (bicyclic) bond motifs is 1.